The van der Waals surface area contributed by atoms with E-state index in [1.165, 1.54) is 11.1 Å². The van der Waals surface area contributed by atoms with Crippen LogP contribution < -0.4 is 9.47 Å². The smallest absolute Gasteiger partial charge is 0.162 e. The molecule has 21 heavy (non-hydrogen) atoms. The molecule has 0 aromatic heterocycles. The van der Waals surface area contributed by atoms with Gasteiger partial charge in [0.05, 0.1) is 7.11 Å². The molecular formula is C18H18O3. The molecule has 0 aliphatic heterocycles. The summed E-state index contributed by atoms with van der Waals surface area (Å²) in [5.74, 6) is 1.31. The van der Waals surface area contributed by atoms with Gasteiger partial charge in [-0.1, -0.05) is 24.3 Å². The summed E-state index contributed by atoms with van der Waals surface area (Å²) in [5.41, 5.74) is 3.23. The van der Waals surface area contributed by atoms with Gasteiger partial charge < -0.3 is 9.47 Å². The lowest BCUT2D eigenvalue weighted by Gasteiger charge is -2.17. The van der Waals surface area contributed by atoms with Crippen LogP contribution in [0.5, 0.6) is 11.5 Å². The standard InChI is InChI=1S/C18H18O3/c1-12(19)14-8-10-17(18(11-14)20-2)21-16-9-7-13-5-3-4-6-15(13)16/h3-6,8,10-11,16H,7,9H2,1-2H3. The van der Waals surface area contributed by atoms with Gasteiger partial charge in [-0.05, 0) is 49.1 Å². The summed E-state index contributed by atoms with van der Waals surface area (Å²) in [6, 6.07) is 13.7. The van der Waals surface area contributed by atoms with Crippen molar-refractivity contribution in [3.05, 3.63) is 59.2 Å². The number of methoxy groups -OCH3 is 1. The van der Waals surface area contributed by atoms with Crippen molar-refractivity contribution in [1.82, 2.24) is 0 Å². The van der Waals surface area contributed by atoms with E-state index in [0.29, 0.717) is 17.1 Å². The molecule has 1 atom stereocenters. The molecule has 3 heteroatoms. The molecule has 0 bridgehead atoms. The lowest BCUT2D eigenvalue weighted by Crippen LogP contribution is -2.05. The number of hydrogen-bond donors (Lipinski definition) is 0. The van der Waals surface area contributed by atoms with Crippen LogP contribution in [0.25, 0.3) is 0 Å². The Morgan fingerprint density at radius 2 is 1.95 bits per heavy atom. The number of Topliss-reactive ketones (excluding diaryl/α,β-unsaturated/α-hetero) is 1. The van der Waals surface area contributed by atoms with Gasteiger partial charge in [-0.2, -0.15) is 0 Å². The first-order valence-electron chi connectivity index (χ1n) is 7.12. The van der Waals surface area contributed by atoms with Crippen LogP contribution in [-0.4, -0.2) is 12.9 Å². The van der Waals surface area contributed by atoms with Crippen molar-refractivity contribution in [1.29, 1.82) is 0 Å². The largest absolute Gasteiger partial charge is 0.493 e. The third-order valence-corrected chi connectivity index (χ3v) is 3.92. The Morgan fingerprint density at radius 1 is 1.14 bits per heavy atom. The Morgan fingerprint density at radius 3 is 2.71 bits per heavy atom. The van der Waals surface area contributed by atoms with E-state index in [-0.39, 0.29) is 11.9 Å². The van der Waals surface area contributed by atoms with E-state index in [4.69, 9.17) is 9.47 Å². The van der Waals surface area contributed by atoms with Crippen LogP contribution in [0.15, 0.2) is 42.5 Å². The van der Waals surface area contributed by atoms with Crippen LogP contribution in [0.1, 0.15) is 40.9 Å². The summed E-state index contributed by atoms with van der Waals surface area (Å²) >= 11 is 0. The zero-order valence-electron chi connectivity index (χ0n) is 12.3. The molecular weight excluding hydrogens is 264 g/mol. The van der Waals surface area contributed by atoms with Crippen molar-refractivity contribution in [2.45, 2.75) is 25.9 Å². The number of aryl methyl sites for hydroxylation is 1. The molecule has 0 amide bonds. The van der Waals surface area contributed by atoms with E-state index in [9.17, 15) is 4.79 Å². The lowest BCUT2D eigenvalue weighted by molar-refractivity contribution is 0.101. The summed E-state index contributed by atoms with van der Waals surface area (Å²) < 4.78 is 11.5. The molecule has 1 aliphatic rings. The van der Waals surface area contributed by atoms with E-state index in [0.717, 1.165) is 12.8 Å². The second kappa shape index (κ2) is 5.60. The average molecular weight is 282 g/mol. The normalized spacial score (nSPS) is 16.4. The molecule has 0 spiro atoms. The maximum Gasteiger partial charge on any atom is 0.162 e. The van der Waals surface area contributed by atoms with E-state index in [1.54, 1.807) is 26.2 Å². The highest BCUT2D eigenvalue weighted by Gasteiger charge is 2.24. The van der Waals surface area contributed by atoms with Crippen molar-refractivity contribution >= 4 is 5.78 Å². The number of carbonyl (C=O) groups excluding carboxylic acids is 1. The molecule has 0 heterocycles. The highest BCUT2D eigenvalue weighted by molar-refractivity contribution is 5.94. The minimum Gasteiger partial charge on any atom is -0.493 e. The second-order valence-corrected chi connectivity index (χ2v) is 5.27. The summed E-state index contributed by atoms with van der Waals surface area (Å²) in [6.07, 6.45) is 2.06. The fourth-order valence-electron chi connectivity index (χ4n) is 2.78. The zero-order valence-corrected chi connectivity index (χ0v) is 12.3. The monoisotopic (exact) mass is 282 g/mol. The Hall–Kier alpha value is -2.29. The van der Waals surface area contributed by atoms with Crippen LogP contribution in [0.4, 0.5) is 0 Å². The van der Waals surface area contributed by atoms with Gasteiger partial charge in [0, 0.05) is 5.56 Å². The molecule has 2 aromatic rings. The van der Waals surface area contributed by atoms with Crippen LogP contribution in [0, 0.1) is 0 Å². The third-order valence-electron chi connectivity index (χ3n) is 3.92. The molecule has 1 aliphatic carbocycles. The number of hydrogen-bond acceptors (Lipinski definition) is 3. The van der Waals surface area contributed by atoms with Gasteiger partial charge in [0.1, 0.15) is 6.10 Å². The Kier molecular flexibility index (Phi) is 3.65. The minimum atomic E-state index is 0.0195. The van der Waals surface area contributed by atoms with Gasteiger partial charge in [-0.3, -0.25) is 4.79 Å². The fraction of sp³-hybridized carbons (Fsp3) is 0.278. The fourth-order valence-corrected chi connectivity index (χ4v) is 2.78. The quantitative estimate of drug-likeness (QED) is 0.796. The average Bonchev–Trinajstić information content (AvgIpc) is 2.91. The highest BCUT2D eigenvalue weighted by atomic mass is 16.5. The van der Waals surface area contributed by atoms with Crippen LogP contribution in [0.3, 0.4) is 0 Å². The predicted octanol–water partition coefficient (Wildman–Crippen LogP) is 3.96. The van der Waals surface area contributed by atoms with Crippen molar-refractivity contribution in [3.8, 4) is 11.5 Å². The minimum absolute atomic E-state index is 0.0195. The maximum absolute atomic E-state index is 11.4. The summed E-state index contributed by atoms with van der Waals surface area (Å²) in [5, 5.41) is 0. The van der Waals surface area contributed by atoms with Gasteiger partial charge in [0.15, 0.2) is 17.3 Å². The van der Waals surface area contributed by atoms with E-state index >= 15 is 0 Å². The van der Waals surface area contributed by atoms with Crippen LogP contribution in [-0.2, 0) is 6.42 Å². The lowest BCUT2D eigenvalue weighted by atomic mass is 10.1. The molecule has 0 N–H and O–H groups in total. The second-order valence-electron chi connectivity index (χ2n) is 5.27. The first kappa shape index (κ1) is 13.7. The van der Waals surface area contributed by atoms with Crippen molar-refractivity contribution in [2.75, 3.05) is 7.11 Å². The van der Waals surface area contributed by atoms with Crippen LogP contribution >= 0.6 is 0 Å². The predicted molar refractivity (Wildman–Crippen MR) is 81.1 cm³/mol. The maximum atomic E-state index is 11.4. The molecule has 2 aromatic carbocycles. The Balaban J connectivity index is 1.87. The van der Waals surface area contributed by atoms with Gasteiger partial charge >= 0.3 is 0 Å². The summed E-state index contributed by atoms with van der Waals surface area (Å²) in [4.78, 5) is 11.4. The van der Waals surface area contributed by atoms with E-state index in [2.05, 4.69) is 18.2 Å². The number of carbonyl (C=O) groups is 1. The molecule has 1 unspecified atom stereocenters. The van der Waals surface area contributed by atoms with Gasteiger partial charge in [0.2, 0.25) is 0 Å². The third kappa shape index (κ3) is 2.64. The molecule has 0 fully saturated rings. The van der Waals surface area contributed by atoms with E-state index in [1.807, 2.05) is 12.1 Å². The SMILES string of the molecule is COc1cc(C(C)=O)ccc1OC1CCc2ccccc21. The van der Waals surface area contributed by atoms with E-state index < -0.39 is 0 Å². The number of fused-ring (bicyclic) bond motifs is 1. The number of ether oxygens (including phenoxy) is 2. The zero-order chi connectivity index (χ0) is 14.8. The number of benzene rings is 2. The summed E-state index contributed by atoms with van der Waals surface area (Å²) in [6.45, 7) is 1.54. The first-order chi connectivity index (χ1) is 10.2. The van der Waals surface area contributed by atoms with Gasteiger partial charge in [-0.25, -0.2) is 0 Å². The highest BCUT2D eigenvalue weighted by Crippen LogP contribution is 2.38. The molecule has 0 saturated carbocycles. The van der Waals surface area contributed by atoms with Crippen LogP contribution in [0.2, 0.25) is 0 Å². The molecule has 3 nitrogen and oxygen atoms in total. The topological polar surface area (TPSA) is 35.5 Å². The molecule has 0 saturated heterocycles. The molecule has 0 radical (unpaired) electrons. The van der Waals surface area contributed by atoms with Crippen molar-refractivity contribution in [3.63, 3.8) is 0 Å². The Labute approximate surface area is 124 Å². The summed E-state index contributed by atoms with van der Waals surface area (Å²) in [7, 11) is 1.59. The molecule has 108 valence electrons. The first-order valence-corrected chi connectivity index (χ1v) is 7.12. The number of ketones is 1. The van der Waals surface area contributed by atoms with Gasteiger partial charge in [0.25, 0.3) is 0 Å². The van der Waals surface area contributed by atoms with Crippen molar-refractivity contribution < 1.29 is 14.3 Å². The number of rotatable bonds is 4. The van der Waals surface area contributed by atoms with Gasteiger partial charge in [-0.15, -0.1) is 0 Å². The molecule has 3 rings (SSSR count). The van der Waals surface area contributed by atoms with Crippen molar-refractivity contribution in [2.24, 2.45) is 0 Å². The Bertz CT molecular complexity index is 676.